The van der Waals surface area contributed by atoms with E-state index in [1.165, 1.54) is 12.8 Å². The Labute approximate surface area is 95.4 Å². The average molecular weight is 222 g/mol. The van der Waals surface area contributed by atoms with E-state index in [-0.39, 0.29) is 5.91 Å². The van der Waals surface area contributed by atoms with Crippen LogP contribution in [0.5, 0.6) is 0 Å². The van der Waals surface area contributed by atoms with Gasteiger partial charge in [0.2, 0.25) is 5.91 Å². The van der Waals surface area contributed by atoms with Crippen LogP contribution >= 0.6 is 0 Å². The fraction of sp³-hybridized carbons (Fsp3) is 0.583. The number of furan rings is 1. The second-order valence-electron chi connectivity index (χ2n) is 4.19. The van der Waals surface area contributed by atoms with E-state index < -0.39 is 0 Å². The third-order valence-corrected chi connectivity index (χ3v) is 2.92. The molecular formula is C12H18N2O2. The average Bonchev–Trinajstić information content (AvgIpc) is 2.96. The van der Waals surface area contributed by atoms with Crippen molar-refractivity contribution in [2.24, 2.45) is 0 Å². The number of carbonyl (C=O) groups excluding carboxylic acids is 1. The maximum absolute atomic E-state index is 11.5. The maximum Gasteiger partial charge on any atom is 0.220 e. The highest BCUT2D eigenvalue weighted by Crippen LogP contribution is 2.10. The van der Waals surface area contributed by atoms with Crippen LogP contribution in [-0.2, 0) is 11.3 Å². The van der Waals surface area contributed by atoms with Crippen LogP contribution in [0, 0.1) is 0 Å². The molecule has 0 bridgehead atoms. The first-order valence-corrected chi connectivity index (χ1v) is 5.87. The Morgan fingerprint density at radius 3 is 3.25 bits per heavy atom. The molecule has 1 saturated heterocycles. The minimum absolute atomic E-state index is 0.102. The third-order valence-electron chi connectivity index (χ3n) is 2.92. The Bertz CT molecular complexity index is 316. The van der Waals surface area contributed by atoms with Crippen molar-refractivity contribution in [3.05, 3.63) is 24.2 Å². The van der Waals surface area contributed by atoms with Gasteiger partial charge < -0.3 is 15.1 Å². The Balaban J connectivity index is 1.60. The second-order valence-corrected chi connectivity index (χ2v) is 4.19. The zero-order chi connectivity index (χ0) is 11.2. The van der Waals surface area contributed by atoms with Gasteiger partial charge in [0.15, 0.2) is 0 Å². The number of rotatable bonds is 5. The van der Waals surface area contributed by atoms with Gasteiger partial charge in [0.25, 0.3) is 0 Å². The summed E-state index contributed by atoms with van der Waals surface area (Å²) in [6.45, 7) is 1.59. The van der Waals surface area contributed by atoms with E-state index in [1.807, 2.05) is 12.1 Å². The smallest absolute Gasteiger partial charge is 0.220 e. The Kier molecular flexibility index (Phi) is 3.99. The molecule has 1 aliphatic rings. The molecule has 2 N–H and O–H groups in total. The number of hydrogen-bond acceptors (Lipinski definition) is 3. The summed E-state index contributed by atoms with van der Waals surface area (Å²) in [4.78, 5) is 11.5. The zero-order valence-electron chi connectivity index (χ0n) is 9.37. The van der Waals surface area contributed by atoms with E-state index in [0.717, 1.165) is 18.7 Å². The van der Waals surface area contributed by atoms with Crippen LogP contribution in [0.3, 0.4) is 0 Å². The minimum atomic E-state index is 0.102. The van der Waals surface area contributed by atoms with E-state index in [0.29, 0.717) is 19.0 Å². The Morgan fingerprint density at radius 1 is 1.62 bits per heavy atom. The summed E-state index contributed by atoms with van der Waals surface area (Å²) >= 11 is 0. The monoisotopic (exact) mass is 222 g/mol. The number of hydrogen-bond donors (Lipinski definition) is 2. The van der Waals surface area contributed by atoms with Crippen LogP contribution in [0.25, 0.3) is 0 Å². The standard InChI is InChI=1S/C12H18N2O2/c15-12(6-5-10-3-1-7-13-10)14-9-11-4-2-8-16-11/h2,4,8,10,13H,1,3,5-7,9H2,(H,14,15). The molecular weight excluding hydrogens is 204 g/mol. The van der Waals surface area contributed by atoms with Crippen LogP contribution in [0.2, 0.25) is 0 Å². The van der Waals surface area contributed by atoms with E-state index in [1.54, 1.807) is 6.26 Å². The first kappa shape index (κ1) is 11.2. The molecule has 2 rings (SSSR count). The zero-order valence-corrected chi connectivity index (χ0v) is 9.37. The van der Waals surface area contributed by atoms with E-state index in [2.05, 4.69) is 10.6 Å². The lowest BCUT2D eigenvalue weighted by atomic mass is 10.1. The molecule has 1 aliphatic heterocycles. The van der Waals surface area contributed by atoms with Gasteiger partial charge in [-0.3, -0.25) is 4.79 Å². The SMILES string of the molecule is O=C(CCC1CCCN1)NCc1ccco1. The molecule has 1 aromatic heterocycles. The van der Waals surface area contributed by atoms with Crippen molar-refractivity contribution in [2.45, 2.75) is 38.3 Å². The lowest BCUT2D eigenvalue weighted by molar-refractivity contribution is -0.121. The van der Waals surface area contributed by atoms with E-state index in [9.17, 15) is 4.79 Å². The van der Waals surface area contributed by atoms with Gasteiger partial charge in [-0.25, -0.2) is 0 Å². The molecule has 1 fully saturated rings. The summed E-state index contributed by atoms with van der Waals surface area (Å²) in [6, 6.07) is 4.22. The lowest BCUT2D eigenvalue weighted by Crippen LogP contribution is -2.27. The van der Waals surface area contributed by atoms with Gasteiger partial charge in [-0.15, -0.1) is 0 Å². The topological polar surface area (TPSA) is 54.3 Å². The van der Waals surface area contributed by atoms with Crippen LogP contribution < -0.4 is 10.6 Å². The molecule has 1 atom stereocenters. The lowest BCUT2D eigenvalue weighted by Gasteiger charge is -2.09. The van der Waals surface area contributed by atoms with E-state index in [4.69, 9.17) is 4.42 Å². The summed E-state index contributed by atoms with van der Waals surface area (Å²) in [7, 11) is 0. The molecule has 0 spiro atoms. The first-order valence-electron chi connectivity index (χ1n) is 5.87. The van der Waals surface area contributed by atoms with Crippen LogP contribution in [0.1, 0.15) is 31.4 Å². The van der Waals surface area contributed by atoms with Crippen molar-refractivity contribution < 1.29 is 9.21 Å². The molecule has 4 nitrogen and oxygen atoms in total. The summed E-state index contributed by atoms with van der Waals surface area (Å²) in [5.74, 6) is 0.900. The van der Waals surface area contributed by atoms with Crippen molar-refractivity contribution in [2.75, 3.05) is 6.54 Å². The first-order chi connectivity index (χ1) is 7.84. The van der Waals surface area contributed by atoms with Crippen molar-refractivity contribution in [3.8, 4) is 0 Å². The molecule has 2 heterocycles. The Hall–Kier alpha value is -1.29. The number of carbonyl (C=O) groups is 1. The molecule has 0 saturated carbocycles. The molecule has 16 heavy (non-hydrogen) atoms. The molecule has 0 aromatic carbocycles. The highest BCUT2D eigenvalue weighted by molar-refractivity contribution is 5.75. The predicted octanol–water partition coefficient (Wildman–Crippen LogP) is 1.43. The Morgan fingerprint density at radius 2 is 2.56 bits per heavy atom. The molecule has 0 radical (unpaired) electrons. The van der Waals surface area contributed by atoms with Crippen molar-refractivity contribution in [3.63, 3.8) is 0 Å². The molecule has 88 valence electrons. The van der Waals surface area contributed by atoms with Gasteiger partial charge >= 0.3 is 0 Å². The predicted molar refractivity (Wildman–Crippen MR) is 60.8 cm³/mol. The molecule has 4 heteroatoms. The molecule has 1 amide bonds. The quantitative estimate of drug-likeness (QED) is 0.792. The van der Waals surface area contributed by atoms with Gasteiger partial charge in [0.05, 0.1) is 12.8 Å². The van der Waals surface area contributed by atoms with Gasteiger partial charge in [-0.05, 0) is 37.9 Å². The summed E-state index contributed by atoms with van der Waals surface area (Å²) in [5, 5.41) is 6.23. The second kappa shape index (κ2) is 5.70. The van der Waals surface area contributed by atoms with E-state index >= 15 is 0 Å². The fourth-order valence-electron chi connectivity index (χ4n) is 2.00. The highest BCUT2D eigenvalue weighted by atomic mass is 16.3. The van der Waals surface area contributed by atoms with Crippen LogP contribution in [-0.4, -0.2) is 18.5 Å². The van der Waals surface area contributed by atoms with Crippen LogP contribution in [0.15, 0.2) is 22.8 Å². The van der Waals surface area contributed by atoms with Gasteiger partial charge in [-0.1, -0.05) is 0 Å². The van der Waals surface area contributed by atoms with Crippen LogP contribution in [0.4, 0.5) is 0 Å². The summed E-state index contributed by atoms with van der Waals surface area (Å²) < 4.78 is 5.13. The molecule has 1 unspecified atom stereocenters. The third kappa shape index (κ3) is 3.38. The van der Waals surface area contributed by atoms with Gasteiger partial charge in [0.1, 0.15) is 5.76 Å². The molecule has 0 aliphatic carbocycles. The highest BCUT2D eigenvalue weighted by Gasteiger charge is 2.15. The van der Waals surface area contributed by atoms with Crippen molar-refractivity contribution in [1.29, 1.82) is 0 Å². The normalized spacial score (nSPS) is 19.9. The van der Waals surface area contributed by atoms with Gasteiger partial charge in [-0.2, -0.15) is 0 Å². The molecule has 1 aromatic rings. The largest absolute Gasteiger partial charge is 0.467 e. The number of nitrogens with one attached hydrogen (secondary N) is 2. The summed E-state index contributed by atoms with van der Waals surface area (Å²) in [6.07, 6.45) is 5.58. The minimum Gasteiger partial charge on any atom is -0.467 e. The van der Waals surface area contributed by atoms with Crippen molar-refractivity contribution in [1.82, 2.24) is 10.6 Å². The number of amides is 1. The van der Waals surface area contributed by atoms with Crippen molar-refractivity contribution >= 4 is 5.91 Å². The maximum atomic E-state index is 11.5. The van der Waals surface area contributed by atoms with Gasteiger partial charge in [0, 0.05) is 12.5 Å². The fourth-order valence-corrected chi connectivity index (χ4v) is 2.00. The summed E-state index contributed by atoms with van der Waals surface area (Å²) in [5.41, 5.74) is 0.